The van der Waals surface area contributed by atoms with Crippen molar-refractivity contribution in [3.63, 3.8) is 0 Å². The molecule has 410 valence electrons. The van der Waals surface area contributed by atoms with Gasteiger partial charge in [-0.1, -0.05) is 132 Å². The monoisotopic (exact) mass is 1050 g/mol. The van der Waals surface area contributed by atoms with Crippen molar-refractivity contribution in [2.45, 2.75) is 105 Å². The first-order chi connectivity index (χ1) is 38.2. The average molecular weight is 1050 g/mol. The minimum Gasteiger partial charge on any atom is -0.383 e. The van der Waals surface area contributed by atoms with Crippen LogP contribution in [0.4, 0.5) is 73.9 Å². The molecule has 8 N–H and O–H groups in total. The predicted molar refractivity (Wildman–Crippen MR) is 348 cm³/mol. The van der Waals surface area contributed by atoms with Gasteiger partial charge < -0.3 is 42.5 Å². The van der Waals surface area contributed by atoms with Gasteiger partial charge in [0.2, 0.25) is 0 Å². The molecule has 0 radical (unpaired) electrons. The Morgan fingerprint density at radius 2 is 0.544 bits per heavy atom. The van der Waals surface area contributed by atoms with Crippen molar-refractivity contribution in [1.82, 2.24) is 0 Å². The molecule has 79 heavy (non-hydrogen) atoms. The van der Waals surface area contributed by atoms with Crippen LogP contribution in [0, 0.1) is 5.92 Å². The van der Waals surface area contributed by atoms with Crippen LogP contribution in [0.1, 0.15) is 87.0 Å². The van der Waals surface area contributed by atoms with E-state index in [9.17, 15) is 0 Å². The van der Waals surface area contributed by atoms with E-state index in [1.165, 1.54) is 56.3 Å². The van der Waals surface area contributed by atoms with Crippen LogP contribution in [-0.4, -0.2) is 18.1 Å². The summed E-state index contributed by atoms with van der Waals surface area (Å²) in [5, 5.41) is 27.5. The lowest BCUT2D eigenvalue weighted by atomic mass is 9.95. The zero-order valence-corrected chi connectivity index (χ0v) is 46.4. The molecule has 0 bridgehead atoms. The Labute approximate surface area is 474 Å². The van der Waals surface area contributed by atoms with E-state index in [2.05, 4.69) is 235 Å². The summed E-state index contributed by atoms with van der Waals surface area (Å²) in [6.07, 6.45) is 9.23. The number of benzene rings is 9. The van der Waals surface area contributed by atoms with Crippen molar-refractivity contribution in [2.75, 3.05) is 42.5 Å². The Morgan fingerprint density at radius 1 is 0.291 bits per heavy atom. The third kappa shape index (κ3) is 23.3. The number of rotatable bonds is 19. The fourth-order valence-corrected chi connectivity index (χ4v) is 8.78. The largest absolute Gasteiger partial charge is 0.383 e. The molecule has 0 aliphatic heterocycles. The fraction of sp³-hybridized carbons (Fsp3) is 0.239. The molecule has 8 heteroatoms. The highest BCUT2D eigenvalue weighted by Crippen LogP contribution is 2.26. The number of hydrogen-bond donors (Lipinski definition) is 8. The lowest BCUT2D eigenvalue weighted by Crippen LogP contribution is -2.22. The van der Waals surface area contributed by atoms with E-state index in [4.69, 9.17) is 0 Å². The Kier molecular flexibility index (Phi) is 25.3. The minimum atomic E-state index is 0. The van der Waals surface area contributed by atoms with Crippen LogP contribution in [0.5, 0.6) is 0 Å². The van der Waals surface area contributed by atoms with Crippen LogP contribution in [0.15, 0.2) is 249 Å². The second-order valence-electron chi connectivity index (χ2n) is 20.6. The molecule has 1 unspecified atom stereocenters. The maximum absolute atomic E-state index is 3.64. The van der Waals surface area contributed by atoms with Crippen molar-refractivity contribution in [3.05, 3.63) is 249 Å². The van der Waals surface area contributed by atoms with Gasteiger partial charge in [-0.05, 0) is 210 Å². The highest BCUT2D eigenvalue weighted by atomic mass is 14.9. The molecule has 1 aliphatic carbocycles. The zero-order valence-electron chi connectivity index (χ0n) is 46.4. The van der Waals surface area contributed by atoms with Gasteiger partial charge in [-0.25, -0.2) is 0 Å². The van der Waals surface area contributed by atoms with Gasteiger partial charge >= 0.3 is 0 Å². The molecular weight excluding hydrogens is 965 g/mol. The summed E-state index contributed by atoms with van der Waals surface area (Å²) in [6, 6.07) is 86.4. The van der Waals surface area contributed by atoms with Crippen molar-refractivity contribution in [2.24, 2.45) is 5.92 Å². The summed E-state index contributed by atoms with van der Waals surface area (Å²) in [4.78, 5) is 0. The summed E-state index contributed by atoms with van der Waals surface area (Å²) in [5.41, 5.74) is 14.6. The quantitative estimate of drug-likeness (QED) is 0.0406. The lowest BCUT2D eigenvalue weighted by molar-refractivity contribution is 0.463. The number of nitrogens with one attached hydrogen (secondary N) is 8. The van der Waals surface area contributed by atoms with Crippen LogP contribution in [0.2, 0.25) is 0 Å². The first-order valence-corrected chi connectivity index (χ1v) is 28.0. The van der Waals surface area contributed by atoms with E-state index in [-0.39, 0.29) is 7.43 Å². The number of anilines is 13. The Morgan fingerprint density at radius 3 is 0.823 bits per heavy atom. The summed E-state index contributed by atoms with van der Waals surface area (Å²) >= 11 is 0. The molecule has 0 spiro atoms. The van der Waals surface area contributed by atoms with Gasteiger partial charge in [0.05, 0.1) is 0 Å². The third-order valence-corrected chi connectivity index (χ3v) is 12.9. The van der Waals surface area contributed by atoms with Gasteiger partial charge in [0.25, 0.3) is 0 Å². The van der Waals surface area contributed by atoms with Gasteiger partial charge in [-0.15, -0.1) is 0 Å². The van der Waals surface area contributed by atoms with Crippen molar-refractivity contribution < 1.29 is 0 Å². The molecule has 0 amide bonds. The van der Waals surface area contributed by atoms with Gasteiger partial charge in [0.15, 0.2) is 0 Å². The van der Waals surface area contributed by atoms with E-state index in [0.29, 0.717) is 18.1 Å². The summed E-state index contributed by atoms with van der Waals surface area (Å²) in [5.74, 6) is 0.770. The second kappa shape index (κ2) is 33.5. The molecule has 1 aliphatic rings. The van der Waals surface area contributed by atoms with Gasteiger partial charge in [0, 0.05) is 92.1 Å². The van der Waals surface area contributed by atoms with Crippen molar-refractivity contribution in [3.8, 4) is 0 Å². The normalized spacial score (nSPS) is 12.0. The van der Waals surface area contributed by atoms with Crippen LogP contribution in [-0.2, 0) is 0 Å². The molecule has 1 saturated carbocycles. The first-order valence-electron chi connectivity index (χ1n) is 28.0. The fourth-order valence-electron chi connectivity index (χ4n) is 8.78. The van der Waals surface area contributed by atoms with Crippen molar-refractivity contribution in [1.29, 1.82) is 0 Å². The lowest BCUT2D eigenvalue weighted by Gasteiger charge is -2.24. The van der Waals surface area contributed by atoms with Gasteiger partial charge in [-0.2, -0.15) is 0 Å². The predicted octanol–water partition coefficient (Wildman–Crippen LogP) is 20.9. The third-order valence-electron chi connectivity index (χ3n) is 12.9. The number of hydrogen-bond acceptors (Lipinski definition) is 8. The molecular formula is C71H86N8. The Hall–Kier alpha value is -8.62. The maximum Gasteiger partial charge on any atom is 0.0385 e. The Balaban J connectivity index is 0.000000170. The zero-order chi connectivity index (χ0) is 54.4. The standard InChI is InChI=1S/C19H26N2.C18H22N2.C18H16N2.C15H18N2.CH4/c1-15(2)9-10-16(3)20-18-11-13-19(14-12-18)21-17-7-5-4-6-8-17;2*1-3-7-15(8-4-1)19-17-11-13-18(14-12-17)20-16-9-5-2-6-10-16;1-12(2)16-14-8-10-15(11-9-14)17-13-6-4-3-5-7-13;/h4-8,11-16,20-21H,9-10H2,1-3H3;1,3-4,7-8,11-14,16,19-20H,2,5-6,9-10H2;1-14,19-20H;3-12,16-17H,1-2H3;1H4. The molecule has 1 atom stereocenters. The summed E-state index contributed by atoms with van der Waals surface area (Å²) in [7, 11) is 0. The molecule has 0 heterocycles. The highest BCUT2D eigenvalue weighted by molar-refractivity contribution is 5.67. The van der Waals surface area contributed by atoms with Crippen LogP contribution >= 0.6 is 0 Å². The smallest absolute Gasteiger partial charge is 0.0385 e. The topological polar surface area (TPSA) is 96.2 Å². The molecule has 0 saturated heterocycles. The summed E-state index contributed by atoms with van der Waals surface area (Å²) in [6.45, 7) is 11.1. The Bertz CT molecular complexity index is 2890. The molecule has 9 aromatic carbocycles. The van der Waals surface area contributed by atoms with Crippen LogP contribution in [0.3, 0.4) is 0 Å². The van der Waals surface area contributed by atoms with Gasteiger partial charge in [-0.3, -0.25) is 0 Å². The van der Waals surface area contributed by atoms with Gasteiger partial charge in [0.1, 0.15) is 0 Å². The van der Waals surface area contributed by atoms with E-state index in [0.717, 1.165) is 68.5 Å². The molecule has 0 aromatic heterocycles. The SMILES string of the molecule is C.CC(C)CCC(C)Nc1ccc(Nc2ccccc2)cc1.CC(C)Nc1ccc(Nc2ccccc2)cc1.c1ccc(Nc2ccc(NC3CCCCC3)cc2)cc1.c1ccc(Nc2ccc(Nc3ccccc3)cc2)cc1. The average Bonchev–Trinajstić information content (AvgIpc) is 3.47. The van der Waals surface area contributed by atoms with Crippen LogP contribution in [0.25, 0.3) is 0 Å². The summed E-state index contributed by atoms with van der Waals surface area (Å²) < 4.78 is 0. The van der Waals surface area contributed by atoms with E-state index in [1.807, 2.05) is 91.0 Å². The second-order valence-corrected chi connectivity index (χ2v) is 20.6. The minimum absolute atomic E-state index is 0. The number of para-hydroxylation sites is 5. The van der Waals surface area contributed by atoms with Crippen molar-refractivity contribution >= 4 is 73.9 Å². The molecule has 8 nitrogen and oxygen atoms in total. The van der Waals surface area contributed by atoms with E-state index < -0.39 is 0 Å². The molecule has 1 fully saturated rings. The van der Waals surface area contributed by atoms with E-state index >= 15 is 0 Å². The molecule has 9 aromatic rings. The van der Waals surface area contributed by atoms with E-state index in [1.54, 1.807) is 0 Å². The first kappa shape index (κ1) is 59.6. The van der Waals surface area contributed by atoms with Crippen LogP contribution < -0.4 is 42.5 Å². The highest BCUT2D eigenvalue weighted by Gasteiger charge is 2.13. The maximum atomic E-state index is 3.64. The molecule has 10 rings (SSSR count).